The van der Waals surface area contributed by atoms with Gasteiger partial charge in [-0.15, -0.1) is 0 Å². The fourth-order valence-electron chi connectivity index (χ4n) is 5.54. The third-order valence-corrected chi connectivity index (χ3v) is 10.5. The van der Waals surface area contributed by atoms with E-state index in [1.165, 1.54) is 75.3 Å². The largest absolute Gasteiger partial charge is 0.457 e. The van der Waals surface area contributed by atoms with Crippen LogP contribution in [0.5, 0.6) is 11.5 Å². The van der Waals surface area contributed by atoms with Crippen LogP contribution in [0.2, 0.25) is 0 Å². The van der Waals surface area contributed by atoms with Crippen LogP contribution in [0.3, 0.4) is 0 Å². The molecule has 1 heterocycles. The van der Waals surface area contributed by atoms with Crippen LogP contribution in [0.1, 0.15) is 75.3 Å². The Hall–Kier alpha value is -1.41. The monoisotopic (exact) mass is 380 g/mol. The molecule has 2 fully saturated rings. The number of thiol groups is 1. The summed E-state index contributed by atoms with van der Waals surface area (Å²) < 4.78 is 6.35. The van der Waals surface area contributed by atoms with Crippen molar-refractivity contribution >= 4 is 10.9 Å². The van der Waals surface area contributed by atoms with Gasteiger partial charge < -0.3 is 4.74 Å². The van der Waals surface area contributed by atoms with E-state index in [0.29, 0.717) is 0 Å². The second-order valence-electron chi connectivity index (χ2n) is 8.63. The van der Waals surface area contributed by atoms with Crippen molar-refractivity contribution < 1.29 is 4.74 Å². The highest BCUT2D eigenvalue weighted by molar-refractivity contribution is 8.18. The number of para-hydroxylation sites is 1. The standard InChI is InChI=1S/C25H32OS/c1-3-11-20(12-4-1)27(21-13-5-2-6-14-21)25-17-9-16-24-22(25)18-19-10-7-8-15-23(19)26-24/h7-10,15-17,20-21,27H,1-6,11-14,18H2. The average Bonchev–Trinajstić information content (AvgIpc) is 2.74. The Morgan fingerprint density at radius 1 is 0.667 bits per heavy atom. The second-order valence-corrected chi connectivity index (χ2v) is 11.4. The van der Waals surface area contributed by atoms with E-state index >= 15 is 0 Å². The summed E-state index contributed by atoms with van der Waals surface area (Å²) in [6.45, 7) is 0. The van der Waals surface area contributed by atoms with Crippen LogP contribution in [-0.2, 0) is 6.42 Å². The Kier molecular flexibility index (Phi) is 5.18. The van der Waals surface area contributed by atoms with Gasteiger partial charge >= 0.3 is 0 Å². The molecule has 0 N–H and O–H groups in total. The van der Waals surface area contributed by atoms with Gasteiger partial charge in [-0.3, -0.25) is 0 Å². The fourth-order valence-corrected chi connectivity index (χ4v) is 9.52. The van der Waals surface area contributed by atoms with Gasteiger partial charge in [0.25, 0.3) is 0 Å². The molecule has 2 aromatic carbocycles. The molecule has 2 aromatic rings. The van der Waals surface area contributed by atoms with Crippen molar-refractivity contribution in [2.45, 2.75) is 86.0 Å². The summed E-state index contributed by atoms with van der Waals surface area (Å²) in [5.41, 5.74) is 2.87. The molecule has 0 bridgehead atoms. The predicted octanol–water partition coefficient (Wildman–Crippen LogP) is 7.41. The van der Waals surface area contributed by atoms with Gasteiger partial charge in [0.05, 0.1) is 0 Å². The molecule has 27 heavy (non-hydrogen) atoms. The van der Waals surface area contributed by atoms with E-state index in [0.717, 1.165) is 28.4 Å². The van der Waals surface area contributed by atoms with Crippen LogP contribution in [0.4, 0.5) is 0 Å². The van der Waals surface area contributed by atoms with E-state index in [2.05, 4.69) is 42.5 Å². The third-order valence-electron chi connectivity index (χ3n) is 6.88. The van der Waals surface area contributed by atoms with E-state index in [9.17, 15) is 0 Å². The molecule has 0 radical (unpaired) electrons. The van der Waals surface area contributed by atoms with Gasteiger partial charge in [-0.25, -0.2) is 10.9 Å². The topological polar surface area (TPSA) is 9.23 Å². The van der Waals surface area contributed by atoms with E-state index in [4.69, 9.17) is 4.74 Å². The van der Waals surface area contributed by atoms with Crippen LogP contribution in [0.15, 0.2) is 47.4 Å². The Bertz CT molecular complexity index is 769. The van der Waals surface area contributed by atoms with Crippen LogP contribution in [0.25, 0.3) is 0 Å². The minimum atomic E-state index is -0.0760. The Balaban J connectivity index is 1.54. The van der Waals surface area contributed by atoms with Gasteiger partial charge in [0, 0.05) is 12.0 Å². The highest BCUT2D eigenvalue weighted by Crippen LogP contribution is 2.57. The zero-order valence-electron chi connectivity index (χ0n) is 16.3. The highest BCUT2D eigenvalue weighted by Gasteiger charge is 2.32. The maximum atomic E-state index is 6.35. The van der Waals surface area contributed by atoms with E-state index in [1.54, 1.807) is 4.90 Å². The van der Waals surface area contributed by atoms with E-state index < -0.39 is 0 Å². The molecule has 5 rings (SSSR count). The summed E-state index contributed by atoms with van der Waals surface area (Å²) in [6.07, 6.45) is 15.6. The number of ether oxygens (including phenoxy) is 1. The molecule has 2 aliphatic carbocycles. The molecule has 3 aliphatic rings. The lowest BCUT2D eigenvalue weighted by atomic mass is 9.99. The van der Waals surface area contributed by atoms with Gasteiger partial charge in [0.15, 0.2) is 0 Å². The van der Waals surface area contributed by atoms with Gasteiger partial charge in [-0.1, -0.05) is 62.8 Å². The smallest absolute Gasteiger partial charge is 0.132 e. The van der Waals surface area contributed by atoms with Crippen molar-refractivity contribution in [3.05, 3.63) is 53.6 Å². The Morgan fingerprint density at radius 2 is 1.30 bits per heavy atom. The number of benzene rings is 2. The van der Waals surface area contributed by atoms with Crippen molar-refractivity contribution in [2.24, 2.45) is 0 Å². The molecule has 0 spiro atoms. The third kappa shape index (κ3) is 3.53. The molecule has 0 aromatic heterocycles. The lowest BCUT2D eigenvalue weighted by molar-refractivity contribution is 0.456. The summed E-state index contributed by atoms with van der Waals surface area (Å²) in [5, 5.41) is 1.89. The first-order chi connectivity index (χ1) is 13.4. The van der Waals surface area contributed by atoms with Crippen molar-refractivity contribution in [1.29, 1.82) is 0 Å². The molecular weight excluding hydrogens is 348 g/mol. The first kappa shape index (κ1) is 17.7. The highest BCUT2D eigenvalue weighted by atomic mass is 32.2. The second kappa shape index (κ2) is 7.91. The first-order valence-electron chi connectivity index (χ1n) is 11.1. The lowest BCUT2D eigenvalue weighted by Crippen LogP contribution is -2.24. The van der Waals surface area contributed by atoms with Crippen molar-refractivity contribution in [2.75, 3.05) is 0 Å². The normalized spacial score (nSPS) is 21.1. The van der Waals surface area contributed by atoms with Gasteiger partial charge in [-0.2, -0.15) is 0 Å². The molecule has 144 valence electrons. The number of rotatable bonds is 3. The molecule has 0 unspecified atom stereocenters. The summed E-state index contributed by atoms with van der Waals surface area (Å²) in [4.78, 5) is 1.69. The zero-order valence-corrected chi connectivity index (χ0v) is 17.2. The lowest BCUT2D eigenvalue weighted by Gasteiger charge is -2.43. The molecule has 0 saturated heterocycles. The minimum absolute atomic E-state index is 0.0760. The van der Waals surface area contributed by atoms with Crippen LogP contribution >= 0.6 is 10.9 Å². The number of hydrogen-bond acceptors (Lipinski definition) is 1. The summed E-state index contributed by atoms with van der Waals surface area (Å²) in [6, 6.07) is 15.6. The van der Waals surface area contributed by atoms with Crippen LogP contribution < -0.4 is 4.74 Å². The molecule has 1 aliphatic heterocycles. The number of hydrogen-bond donors (Lipinski definition) is 1. The molecule has 0 amide bonds. The maximum Gasteiger partial charge on any atom is 0.132 e. The summed E-state index contributed by atoms with van der Waals surface area (Å²) in [7, 11) is -0.0760. The van der Waals surface area contributed by atoms with Crippen LogP contribution in [0, 0.1) is 0 Å². The molecular formula is C25H32OS. The summed E-state index contributed by atoms with van der Waals surface area (Å²) in [5.74, 6) is 2.19. The predicted molar refractivity (Wildman–Crippen MR) is 117 cm³/mol. The first-order valence-corrected chi connectivity index (χ1v) is 12.5. The Morgan fingerprint density at radius 3 is 2.00 bits per heavy atom. The van der Waals surface area contributed by atoms with Gasteiger partial charge in [0.2, 0.25) is 0 Å². The van der Waals surface area contributed by atoms with E-state index in [1.807, 2.05) is 0 Å². The van der Waals surface area contributed by atoms with Crippen molar-refractivity contribution in [3.63, 3.8) is 0 Å². The van der Waals surface area contributed by atoms with Crippen molar-refractivity contribution in [3.8, 4) is 11.5 Å². The molecule has 1 nitrogen and oxygen atoms in total. The maximum absolute atomic E-state index is 6.35. The minimum Gasteiger partial charge on any atom is -0.457 e. The zero-order chi connectivity index (χ0) is 18.1. The van der Waals surface area contributed by atoms with Crippen LogP contribution in [-0.4, -0.2) is 10.5 Å². The Labute approximate surface area is 166 Å². The number of fused-ring (bicyclic) bond motifs is 2. The molecule has 0 atom stereocenters. The van der Waals surface area contributed by atoms with Crippen molar-refractivity contribution in [1.82, 2.24) is 0 Å². The quantitative estimate of drug-likeness (QED) is 0.465. The summed E-state index contributed by atoms with van der Waals surface area (Å²) >= 11 is 0. The molecule has 2 saturated carbocycles. The molecule has 2 heteroatoms. The average molecular weight is 381 g/mol. The fraction of sp³-hybridized carbons (Fsp3) is 0.520. The SMILES string of the molecule is c1ccc2c(c1)Cc1c(cccc1[SH](C1CCCCC1)C1CCCCC1)O2. The van der Waals surface area contributed by atoms with Gasteiger partial charge in [0.1, 0.15) is 11.5 Å². The van der Waals surface area contributed by atoms with E-state index in [-0.39, 0.29) is 10.9 Å². The van der Waals surface area contributed by atoms with Gasteiger partial charge in [-0.05, 0) is 64.8 Å².